The summed E-state index contributed by atoms with van der Waals surface area (Å²) in [5.41, 5.74) is 4.42. The Morgan fingerprint density at radius 3 is 3.14 bits per heavy atom. The Hall–Kier alpha value is -1.30. The number of allylic oxidation sites excluding steroid dienone is 2. The first-order valence-electron chi connectivity index (χ1n) is 5.31. The van der Waals surface area contributed by atoms with Crippen LogP contribution < -0.4 is 0 Å². The molecule has 0 bridgehead atoms. The highest BCUT2D eigenvalue weighted by Gasteiger charge is 2.33. The predicted molar refractivity (Wildman–Crippen MR) is 60.2 cm³/mol. The molecule has 0 aromatic heterocycles. The minimum Gasteiger partial charge on any atom is -0.0985 e. The molecule has 0 aliphatic heterocycles. The van der Waals surface area contributed by atoms with Crippen LogP contribution in [0.4, 0.5) is 0 Å². The Bertz CT molecular complexity index is 412. The van der Waals surface area contributed by atoms with Crippen LogP contribution in [0.25, 0.3) is 6.08 Å². The van der Waals surface area contributed by atoms with Crippen molar-refractivity contribution in [3.63, 3.8) is 0 Å². The van der Waals surface area contributed by atoms with Gasteiger partial charge in [-0.1, -0.05) is 43.0 Å². The molecule has 0 heterocycles. The molecule has 0 saturated heterocycles. The summed E-state index contributed by atoms with van der Waals surface area (Å²) in [5, 5.41) is 0. The third kappa shape index (κ3) is 0.942. The average molecular weight is 182 g/mol. The Morgan fingerprint density at radius 1 is 1.36 bits per heavy atom. The zero-order valence-corrected chi connectivity index (χ0v) is 8.24. The lowest BCUT2D eigenvalue weighted by Crippen LogP contribution is -1.97. The molecular weight excluding hydrogens is 168 g/mol. The van der Waals surface area contributed by atoms with Gasteiger partial charge in [0, 0.05) is 5.92 Å². The van der Waals surface area contributed by atoms with E-state index in [0.29, 0.717) is 5.92 Å². The second-order valence-electron chi connectivity index (χ2n) is 4.27. The third-order valence-electron chi connectivity index (χ3n) is 3.58. The van der Waals surface area contributed by atoms with Crippen LogP contribution in [0.15, 0.2) is 36.9 Å². The molecule has 14 heavy (non-hydrogen) atoms. The molecule has 70 valence electrons. The minimum atomic E-state index is 0.699. The largest absolute Gasteiger partial charge is 0.0985 e. The van der Waals surface area contributed by atoms with Gasteiger partial charge in [-0.15, -0.1) is 0 Å². The van der Waals surface area contributed by atoms with Crippen LogP contribution >= 0.6 is 0 Å². The summed E-state index contributed by atoms with van der Waals surface area (Å²) in [6.45, 7) is 3.88. The fourth-order valence-corrected chi connectivity index (χ4v) is 2.90. The van der Waals surface area contributed by atoms with E-state index in [1.807, 2.05) is 6.08 Å². The van der Waals surface area contributed by atoms with E-state index in [-0.39, 0.29) is 0 Å². The molecule has 0 N–H and O–H groups in total. The standard InChI is InChI=1S/C14H14/c1-2-10-5-3-8-13-12-7-4-6-11(12)9-14(10)13/h2-5,7-8,11-12H,1,6,9H2. The lowest BCUT2D eigenvalue weighted by Gasteiger charge is -2.07. The first-order valence-corrected chi connectivity index (χ1v) is 5.31. The van der Waals surface area contributed by atoms with E-state index in [2.05, 4.69) is 36.9 Å². The fourth-order valence-electron chi connectivity index (χ4n) is 2.90. The van der Waals surface area contributed by atoms with Crippen molar-refractivity contribution in [3.8, 4) is 0 Å². The van der Waals surface area contributed by atoms with Gasteiger partial charge in [-0.25, -0.2) is 0 Å². The second-order valence-corrected chi connectivity index (χ2v) is 4.27. The van der Waals surface area contributed by atoms with Crippen LogP contribution in [-0.2, 0) is 6.42 Å². The first-order chi connectivity index (χ1) is 6.90. The minimum absolute atomic E-state index is 0.699. The Morgan fingerprint density at radius 2 is 2.29 bits per heavy atom. The molecule has 0 heteroatoms. The molecule has 0 amide bonds. The maximum atomic E-state index is 3.88. The van der Waals surface area contributed by atoms with Crippen molar-refractivity contribution in [1.29, 1.82) is 0 Å². The van der Waals surface area contributed by atoms with Crippen LogP contribution in [0, 0.1) is 5.92 Å². The van der Waals surface area contributed by atoms with Crippen molar-refractivity contribution >= 4 is 6.08 Å². The number of hydrogen-bond acceptors (Lipinski definition) is 0. The number of benzene rings is 1. The second kappa shape index (κ2) is 2.84. The van der Waals surface area contributed by atoms with Crippen molar-refractivity contribution in [2.75, 3.05) is 0 Å². The summed E-state index contributed by atoms with van der Waals surface area (Å²) in [4.78, 5) is 0. The van der Waals surface area contributed by atoms with E-state index in [1.165, 1.54) is 18.4 Å². The summed E-state index contributed by atoms with van der Waals surface area (Å²) in [6.07, 6.45) is 9.21. The lowest BCUT2D eigenvalue weighted by molar-refractivity contribution is 0.553. The molecule has 1 aromatic carbocycles. The fraction of sp³-hybridized carbons (Fsp3) is 0.286. The predicted octanol–water partition coefficient (Wildman–Crippen LogP) is 3.55. The van der Waals surface area contributed by atoms with E-state index in [4.69, 9.17) is 0 Å². The van der Waals surface area contributed by atoms with Gasteiger partial charge >= 0.3 is 0 Å². The topological polar surface area (TPSA) is 0 Å². The normalized spacial score (nSPS) is 27.4. The zero-order valence-electron chi connectivity index (χ0n) is 8.24. The van der Waals surface area contributed by atoms with Crippen LogP contribution in [-0.4, -0.2) is 0 Å². The average Bonchev–Trinajstić information content (AvgIpc) is 2.76. The molecule has 0 radical (unpaired) electrons. The molecule has 2 aliphatic rings. The van der Waals surface area contributed by atoms with Gasteiger partial charge in [-0.3, -0.25) is 0 Å². The van der Waals surface area contributed by atoms with Crippen LogP contribution in [0.2, 0.25) is 0 Å². The van der Waals surface area contributed by atoms with Crippen LogP contribution in [0.1, 0.15) is 29.0 Å². The third-order valence-corrected chi connectivity index (χ3v) is 3.58. The highest BCUT2D eigenvalue weighted by atomic mass is 14.4. The molecule has 0 nitrogen and oxygen atoms in total. The molecule has 0 fully saturated rings. The van der Waals surface area contributed by atoms with Gasteiger partial charge in [0.05, 0.1) is 0 Å². The molecule has 3 rings (SSSR count). The highest BCUT2D eigenvalue weighted by Crippen LogP contribution is 2.45. The van der Waals surface area contributed by atoms with Crippen molar-refractivity contribution < 1.29 is 0 Å². The quantitative estimate of drug-likeness (QED) is 0.583. The number of hydrogen-bond donors (Lipinski definition) is 0. The maximum absolute atomic E-state index is 3.88. The monoisotopic (exact) mass is 182 g/mol. The van der Waals surface area contributed by atoms with E-state index in [9.17, 15) is 0 Å². The lowest BCUT2D eigenvalue weighted by atomic mass is 9.96. The van der Waals surface area contributed by atoms with Crippen molar-refractivity contribution in [1.82, 2.24) is 0 Å². The van der Waals surface area contributed by atoms with E-state index in [0.717, 1.165) is 5.92 Å². The summed E-state index contributed by atoms with van der Waals surface area (Å²) >= 11 is 0. The van der Waals surface area contributed by atoms with Gasteiger partial charge in [0.1, 0.15) is 0 Å². The van der Waals surface area contributed by atoms with Gasteiger partial charge in [-0.2, -0.15) is 0 Å². The van der Waals surface area contributed by atoms with E-state index >= 15 is 0 Å². The van der Waals surface area contributed by atoms with Crippen LogP contribution in [0.3, 0.4) is 0 Å². The molecule has 2 atom stereocenters. The van der Waals surface area contributed by atoms with Gasteiger partial charge in [-0.05, 0) is 35.4 Å². The first kappa shape index (κ1) is 8.05. The van der Waals surface area contributed by atoms with Gasteiger partial charge < -0.3 is 0 Å². The number of fused-ring (bicyclic) bond motifs is 3. The Kier molecular flexibility index (Phi) is 1.63. The SMILES string of the molecule is C=Cc1cccc2c1CC1CC=CC21. The van der Waals surface area contributed by atoms with E-state index in [1.54, 1.807) is 11.1 Å². The summed E-state index contributed by atoms with van der Waals surface area (Å²) in [7, 11) is 0. The molecule has 2 aliphatic carbocycles. The smallest absolute Gasteiger partial charge is 0.00553 e. The summed E-state index contributed by atoms with van der Waals surface area (Å²) < 4.78 is 0. The Balaban J connectivity index is 2.17. The molecule has 0 saturated carbocycles. The van der Waals surface area contributed by atoms with Gasteiger partial charge in [0.2, 0.25) is 0 Å². The Labute approximate surface area is 85.0 Å². The van der Waals surface area contributed by atoms with Gasteiger partial charge in [0.15, 0.2) is 0 Å². The van der Waals surface area contributed by atoms with Crippen molar-refractivity contribution in [2.24, 2.45) is 5.92 Å². The van der Waals surface area contributed by atoms with E-state index < -0.39 is 0 Å². The van der Waals surface area contributed by atoms with Crippen molar-refractivity contribution in [3.05, 3.63) is 53.6 Å². The summed E-state index contributed by atoms with van der Waals surface area (Å²) in [5.74, 6) is 1.54. The molecular formula is C14H14. The molecule has 2 unspecified atom stereocenters. The van der Waals surface area contributed by atoms with Crippen LogP contribution in [0.5, 0.6) is 0 Å². The highest BCUT2D eigenvalue weighted by molar-refractivity contribution is 5.58. The summed E-state index contributed by atoms with van der Waals surface area (Å²) in [6, 6.07) is 6.61. The number of rotatable bonds is 1. The molecule has 1 aromatic rings. The maximum Gasteiger partial charge on any atom is 0.00553 e. The van der Waals surface area contributed by atoms with Crippen molar-refractivity contribution in [2.45, 2.75) is 18.8 Å². The zero-order chi connectivity index (χ0) is 9.54. The molecule has 0 spiro atoms. The van der Waals surface area contributed by atoms with Gasteiger partial charge in [0.25, 0.3) is 0 Å².